The molecule has 0 saturated heterocycles. The smallest absolute Gasteiger partial charge is 0.0961 e. The summed E-state index contributed by atoms with van der Waals surface area (Å²) >= 11 is 0. The number of benzene rings is 1. The Hall–Kier alpha value is -1.83. The zero-order valence-electron chi connectivity index (χ0n) is 7.72. The molecule has 0 saturated carbocycles. The summed E-state index contributed by atoms with van der Waals surface area (Å²) in [4.78, 5) is 4.37. The van der Waals surface area contributed by atoms with Crippen molar-refractivity contribution < 1.29 is 0 Å². The molecule has 1 aromatic heterocycles. The molecule has 1 aliphatic heterocycles. The lowest BCUT2D eigenvalue weighted by molar-refractivity contribution is 0.848. The number of allylic oxidation sites excluding steroid dienone is 3. The average molecular weight is 182 g/mol. The molecule has 0 spiro atoms. The van der Waals surface area contributed by atoms with Gasteiger partial charge in [0.2, 0.25) is 0 Å². The van der Waals surface area contributed by atoms with Gasteiger partial charge in [-0.1, -0.05) is 36.4 Å². The summed E-state index contributed by atoms with van der Waals surface area (Å²) in [5.74, 6) is 0. The highest BCUT2D eigenvalue weighted by Gasteiger charge is 2.05. The fourth-order valence-electron chi connectivity index (χ4n) is 1.84. The van der Waals surface area contributed by atoms with Crippen LogP contribution in [0.2, 0.25) is 0 Å². The molecule has 0 N–H and O–H groups in total. The van der Waals surface area contributed by atoms with Gasteiger partial charge in [0, 0.05) is 12.1 Å². The van der Waals surface area contributed by atoms with E-state index in [1.54, 1.807) is 0 Å². The molecule has 0 unspecified atom stereocenters. The Kier molecular flexibility index (Phi) is 1.53. The third-order valence-electron chi connectivity index (χ3n) is 2.49. The Morgan fingerprint density at radius 2 is 2.21 bits per heavy atom. The van der Waals surface area contributed by atoms with E-state index in [0.29, 0.717) is 0 Å². The Balaban J connectivity index is 2.43. The normalized spacial score (nSPS) is 14.3. The number of rotatable bonds is 0. The van der Waals surface area contributed by atoms with Crippen LogP contribution in [0.3, 0.4) is 0 Å². The third-order valence-corrected chi connectivity index (χ3v) is 2.49. The van der Waals surface area contributed by atoms with Crippen LogP contribution in [0.15, 0.2) is 42.8 Å². The summed E-state index contributed by atoms with van der Waals surface area (Å²) in [5.41, 5.74) is 3.54. The SMILES string of the molecule is C1=CCn2cnc3cccc(c32)C=C1. The van der Waals surface area contributed by atoms with E-state index >= 15 is 0 Å². The van der Waals surface area contributed by atoms with Crippen LogP contribution < -0.4 is 0 Å². The molecule has 2 heterocycles. The van der Waals surface area contributed by atoms with Gasteiger partial charge in [-0.05, 0) is 6.07 Å². The van der Waals surface area contributed by atoms with Crippen LogP contribution in [-0.4, -0.2) is 9.55 Å². The molecule has 68 valence electrons. The Morgan fingerprint density at radius 3 is 3.21 bits per heavy atom. The summed E-state index contributed by atoms with van der Waals surface area (Å²) in [6.07, 6.45) is 10.3. The van der Waals surface area contributed by atoms with E-state index < -0.39 is 0 Å². The maximum atomic E-state index is 4.37. The molecular weight excluding hydrogens is 172 g/mol. The molecule has 3 rings (SSSR count). The van der Waals surface area contributed by atoms with Crippen LogP contribution in [0.5, 0.6) is 0 Å². The van der Waals surface area contributed by atoms with Crippen molar-refractivity contribution in [3.8, 4) is 0 Å². The lowest BCUT2D eigenvalue weighted by Gasteiger charge is -2.04. The van der Waals surface area contributed by atoms with Crippen molar-refractivity contribution in [1.29, 1.82) is 0 Å². The molecule has 1 aliphatic rings. The summed E-state index contributed by atoms with van der Waals surface area (Å²) in [6, 6.07) is 6.22. The fraction of sp³-hybridized carbons (Fsp3) is 0.0833. The number of imidazole rings is 1. The van der Waals surface area contributed by atoms with Crippen molar-refractivity contribution in [2.75, 3.05) is 0 Å². The maximum Gasteiger partial charge on any atom is 0.0961 e. The van der Waals surface area contributed by atoms with Gasteiger partial charge in [0.25, 0.3) is 0 Å². The second-order valence-corrected chi connectivity index (χ2v) is 3.40. The van der Waals surface area contributed by atoms with Crippen LogP contribution in [0, 0.1) is 0 Å². The molecule has 0 fully saturated rings. The fourth-order valence-corrected chi connectivity index (χ4v) is 1.84. The molecule has 1 aromatic carbocycles. The number of nitrogens with zero attached hydrogens (tertiary/aromatic N) is 2. The first-order valence-electron chi connectivity index (χ1n) is 4.72. The van der Waals surface area contributed by atoms with Gasteiger partial charge in [-0.3, -0.25) is 0 Å². The van der Waals surface area contributed by atoms with Gasteiger partial charge < -0.3 is 4.57 Å². The second-order valence-electron chi connectivity index (χ2n) is 3.40. The largest absolute Gasteiger partial charge is 0.326 e. The van der Waals surface area contributed by atoms with Crippen LogP contribution in [-0.2, 0) is 6.54 Å². The Morgan fingerprint density at radius 1 is 1.21 bits per heavy atom. The molecule has 0 radical (unpaired) electrons. The van der Waals surface area contributed by atoms with Gasteiger partial charge in [-0.2, -0.15) is 0 Å². The number of hydrogen-bond donors (Lipinski definition) is 0. The highest BCUT2D eigenvalue weighted by atomic mass is 15.0. The molecule has 0 amide bonds. The Bertz CT molecular complexity index is 532. The summed E-state index contributed by atoms with van der Waals surface area (Å²) in [5, 5.41) is 0. The van der Waals surface area contributed by atoms with Gasteiger partial charge in [-0.15, -0.1) is 0 Å². The van der Waals surface area contributed by atoms with Gasteiger partial charge in [0.1, 0.15) is 0 Å². The van der Waals surface area contributed by atoms with Crippen molar-refractivity contribution in [3.63, 3.8) is 0 Å². The minimum absolute atomic E-state index is 0.901. The first-order chi connectivity index (χ1) is 6.95. The van der Waals surface area contributed by atoms with Crippen molar-refractivity contribution in [2.24, 2.45) is 0 Å². The minimum Gasteiger partial charge on any atom is -0.326 e. The van der Waals surface area contributed by atoms with Crippen molar-refractivity contribution in [2.45, 2.75) is 6.54 Å². The van der Waals surface area contributed by atoms with Crippen molar-refractivity contribution in [3.05, 3.63) is 48.3 Å². The van der Waals surface area contributed by atoms with E-state index in [1.165, 1.54) is 11.1 Å². The van der Waals surface area contributed by atoms with Crippen molar-refractivity contribution >= 4 is 17.1 Å². The standard InChI is InChI=1S/C12H10N2/c1-2-5-10-6-4-7-11-12(10)14(8-3-1)9-13-11/h1-7,9H,8H2. The second kappa shape index (κ2) is 2.84. The monoisotopic (exact) mass is 182 g/mol. The molecular formula is C12H10N2. The van der Waals surface area contributed by atoms with Gasteiger partial charge >= 0.3 is 0 Å². The molecule has 2 aromatic rings. The quantitative estimate of drug-likeness (QED) is 0.612. The van der Waals surface area contributed by atoms with E-state index in [9.17, 15) is 0 Å². The first-order valence-corrected chi connectivity index (χ1v) is 4.72. The highest BCUT2D eigenvalue weighted by Crippen LogP contribution is 2.20. The maximum absolute atomic E-state index is 4.37. The highest BCUT2D eigenvalue weighted by molar-refractivity contribution is 5.85. The molecule has 0 aliphatic carbocycles. The third kappa shape index (κ3) is 1.01. The predicted octanol–water partition coefficient (Wildman–Crippen LogP) is 2.62. The molecule has 0 bridgehead atoms. The number of hydrogen-bond acceptors (Lipinski definition) is 1. The minimum atomic E-state index is 0.901. The topological polar surface area (TPSA) is 17.8 Å². The molecule has 2 nitrogen and oxygen atoms in total. The Labute approximate surface area is 82.2 Å². The summed E-state index contributed by atoms with van der Waals surface area (Å²) < 4.78 is 2.17. The summed E-state index contributed by atoms with van der Waals surface area (Å²) in [6.45, 7) is 0.901. The van der Waals surface area contributed by atoms with E-state index in [0.717, 1.165) is 12.1 Å². The predicted molar refractivity (Wildman–Crippen MR) is 57.9 cm³/mol. The average Bonchev–Trinajstić information content (AvgIpc) is 2.57. The van der Waals surface area contributed by atoms with Crippen LogP contribution >= 0.6 is 0 Å². The molecule has 2 heteroatoms. The lowest BCUT2D eigenvalue weighted by atomic mass is 10.1. The van der Waals surface area contributed by atoms with Gasteiger partial charge in [-0.25, -0.2) is 4.98 Å². The van der Waals surface area contributed by atoms with Crippen molar-refractivity contribution in [1.82, 2.24) is 9.55 Å². The van der Waals surface area contributed by atoms with E-state index in [-0.39, 0.29) is 0 Å². The summed E-state index contributed by atoms with van der Waals surface area (Å²) in [7, 11) is 0. The van der Waals surface area contributed by atoms with E-state index in [1.807, 2.05) is 12.4 Å². The zero-order valence-corrected chi connectivity index (χ0v) is 7.72. The number of para-hydroxylation sites is 1. The van der Waals surface area contributed by atoms with E-state index in [4.69, 9.17) is 0 Å². The van der Waals surface area contributed by atoms with Crippen LogP contribution in [0.1, 0.15) is 5.56 Å². The van der Waals surface area contributed by atoms with Gasteiger partial charge in [0.05, 0.1) is 17.4 Å². The first kappa shape index (κ1) is 7.56. The van der Waals surface area contributed by atoms with Crippen LogP contribution in [0.25, 0.3) is 17.1 Å². The van der Waals surface area contributed by atoms with E-state index in [2.05, 4.69) is 46.0 Å². The zero-order chi connectivity index (χ0) is 9.38. The lowest BCUT2D eigenvalue weighted by Crippen LogP contribution is -1.95. The molecule has 14 heavy (non-hydrogen) atoms. The molecule has 0 atom stereocenters. The number of aromatic nitrogens is 2. The van der Waals surface area contributed by atoms with Crippen LogP contribution in [0.4, 0.5) is 0 Å². The van der Waals surface area contributed by atoms with Gasteiger partial charge in [0.15, 0.2) is 0 Å².